The summed E-state index contributed by atoms with van der Waals surface area (Å²) in [4.78, 5) is 11.3. The number of thioether (sulfide) groups is 1. The van der Waals surface area contributed by atoms with Crippen molar-refractivity contribution in [2.75, 3.05) is 11.5 Å². The molecule has 0 aromatic heterocycles. The third-order valence-electron chi connectivity index (χ3n) is 2.71. The molecule has 76 valence electrons. The van der Waals surface area contributed by atoms with Gasteiger partial charge < -0.3 is 0 Å². The van der Waals surface area contributed by atoms with Crippen molar-refractivity contribution in [3.8, 4) is 0 Å². The third-order valence-corrected chi connectivity index (χ3v) is 3.64. The van der Waals surface area contributed by atoms with E-state index in [0.29, 0.717) is 11.7 Å². The lowest BCUT2D eigenvalue weighted by molar-refractivity contribution is -0.119. The molecule has 0 bridgehead atoms. The van der Waals surface area contributed by atoms with Gasteiger partial charge in [-0.25, -0.2) is 0 Å². The quantitative estimate of drug-likeness (QED) is 0.512. The summed E-state index contributed by atoms with van der Waals surface area (Å²) in [5.41, 5.74) is 0. The molecular formula is C11H20OS. The monoisotopic (exact) mass is 200 g/mol. The summed E-state index contributed by atoms with van der Waals surface area (Å²) in [5.74, 6) is 3.66. The Morgan fingerprint density at radius 3 is 3.08 bits per heavy atom. The van der Waals surface area contributed by atoms with Crippen molar-refractivity contribution in [3.05, 3.63) is 0 Å². The summed E-state index contributed by atoms with van der Waals surface area (Å²) in [5, 5.41) is 0. The number of hydrogen-bond donors (Lipinski definition) is 0. The van der Waals surface area contributed by atoms with Gasteiger partial charge in [-0.3, -0.25) is 4.79 Å². The van der Waals surface area contributed by atoms with E-state index in [4.69, 9.17) is 0 Å². The highest BCUT2D eigenvalue weighted by atomic mass is 32.2. The zero-order valence-corrected chi connectivity index (χ0v) is 9.37. The molecule has 1 atom stereocenters. The van der Waals surface area contributed by atoms with Gasteiger partial charge in [-0.2, -0.15) is 11.8 Å². The molecule has 1 unspecified atom stereocenters. The third kappa shape index (κ3) is 4.70. The van der Waals surface area contributed by atoms with Gasteiger partial charge in [0.15, 0.2) is 0 Å². The molecule has 0 aromatic carbocycles. The van der Waals surface area contributed by atoms with Crippen molar-refractivity contribution in [3.63, 3.8) is 0 Å². The highest BCUT2D eigenvalue weighted by Gasteiger charge is 2.16. The van der Waals surface area contributed by atoms with Crippen LogP contribution in [-0.2, 0) is 4.79 Å². The molecule has 2 heteroatoms. The maximum atomic E-state index is 11.3. The molecule has 0 heterocycles. The van der Waals surface area contributed by atoms with Gasteiger partial charge >= 0.3 is 0 Å². The Bertz CT molecular complexity index is 156. The van der Waals surface area contributed by atoms with Crippen molar-refractivity contribution in [1.82, 2.24) is 0 Å². The molecule has 13 heavy (non-hydrogen) atoms. The average molecular weight is 200 g/mol. The van der Waals surface area contributed by atoms with Crippen molar-refractivity contribution >= 4 is 17.5 Å². The van der Waals surface area contributed by atoms with Gasteiger partial charge in [0.2, 0.25) is 0 Å². The lowest BCUT2D eigenvalue weighted by atomic mass is 9.97. The van der Waals surface area contributed by atoms with Crippen LogP contribution in [0.3, 0.4) is 0 Å². The molecule has 0 spiro atoms. The highest BCUT2D eigenvalue weighted by Crippen LogP contribution is 2.24. The fraction of sp³-hybridized carbons (Fsp3) is 0.909. The molecule has 1 aliphatic carbocycles. The van der Waals surface area contributed by atoms with Crippen LogP contribution >= 0.6 is 11.8 Å². The summed E-state index contributed by atoms with van der Waals surface area (Å²) in [6.07, 6.45) is 6.66. The van der Waals surface area contributed by atoms with Gasteiger partial charge in [-0.1, -0.05) is 13.3 Å². The smallest absolute Gasteiger partial charge is 0.133 e. The van der Waals surface area contributed by atoms with E-state index in [1.807, 2.05) is 11.8 Å². The molecule has 0 saturated heterocycles. The number of ketones is 1. The number of carbonyl (C=O) groups excluding carboxylic acids is 1. The second-order valence-electron chi connectivity index (χ2n) is 3.84. The highest BCUT2D eigenvalue weighted by molar-refractivity contribution is 7.99. The topological polar surface area (TPSA) is 17.1 Å². The van der Waals surface area contributed by atoms with Crippen LogP contribution in [-0.4, -0.2) is 17.3 Å². The Kier molecular flexibility index (Phi) is 5.52. The van der Waals surface area contributed by atoms with E-state index in [2.05, 4.69) is 6.92 Å². The molecule has 0 N–H and O–H groups in total. The van der Waals surface area contributed by atoms with Gasteiger partial charge in [0.25, 0.3) is 0 Å². The Labute approximate surface area is 85.7 Å². The fourth-order valence-electron chi connectivity index (χ4n) is 1.92. The van der Waals surface area contributed by atoms with E-state index in [0.717, 1.165) is 19.3 Å². The van der Waals surface area contributed by atoms with Crippen LogP contribution in [0.15, 0.2) is 0 Å². The zero-order chi connectivity index (χ0) is 9.52. The summed E-state index contributed by atoms with van der Waals surface area (Å²) < 4.78 is 0. The summed E-state index contributed by atoms with van der Waals surface area (Å²) >= 11 is 2.00. The molecule has 1 saturated carbocycles. The van der Waals surface area contributed by atoms with Crippen LogP contribution in [0.2, 0.25) is 0 Å². The van der Waals surface area contributed by atoms with Crippen molar-refractivity contribution in [2.24, 2.45) is 5.92 Å². The lowest BCUT2D eigenvalue weighted by Crippen LogP contribution is -2.06. The minimum atomic E-state index is 0.504. The molecule has 0 aliphatic heterocycles. The zero-order valence-electron chi connectivity index (χ0n) is 8.55. The predicted octanol–water partition coefficient (Wildman–Crippen LogP) is 3.28. The number of rotatable bonds is 4. The SMILES string of the molecule is CCSCCC1CCCCC(=O)C1. The fourth-order valence-corrected chi connectivity index (χ4v) is 2.71. The Morgan fingerprint density at radius 2 is 2.31 bits per heavy atom. The van der Waals surface area contributed by atoms with Crippen LogP contribution < -0.4 is 0 Å². The van der Waals surface area contributed by atoms with E-state index in [1.165, 1.54) is 30.8 Å². The Balaban J connectivity index is 2.19. The molecule has 1 aliphatic rings. The lowest BCUT2D eigenvalue weighted by Gasteiger charge is -2.11. The molecule has 1 fully saturated rings. The minimum absolute atomic E-state index is 0.504. The van der Waals surface area contributed by atoms with Crippen LogP contribution in [0, 0.1) is 5.92 Å². The number of carbonyl (C=O) groups is 1. The molecule has 1 nitrogen and oxygen atoms in total. The molecule has 0 aromatic rings. The Morgan fingerprint density at radius 1 is 1.46 bits per heavy atom. The first-order valence-electron chi connectivity index (χ1n) is 5.42. The first-order valence-corrected chi connectivity index (χ1v) is 6.58. The second-order valence-corrected chi connectivity index (χ2v) is 5.23. The van der Waals surface area contributed by atoms with Crippen molar-refractivity contribution in [2.45, 2.75) is 45.4 Å². The maximum absolute atomic E-state index is 11.3. The normalized spacial score (nSPS) is 24.4. The minimum Gasteiger partial charge on any atom is -0.300 e. The summed E-state index contributed by atoms with van der Waals surface area (Å²) in [6.45, 7) is 2.20. The molecule has 1 rings (SSSR count). The van der Waals surface area contributed by atoms with Gasteiger partial charge in [0.05, 0.1) is 0 Å². The first kappa shape index (κ1) is 11.1. The van der Waals surface area contributed by atoms with Gasteiger partial charge in [-0.15, -0.1) is 0 Å². The maximum Gasteiger partial charge on any atom is 0.133 e. The number of Topliss-reactive ketones (excluding diaryl/α,β-unsaturated/α-hetero) is 1. The van der Waals surface area contributed by atoms with E-state index in [9.17, 15) is 4.79 Å². The van der Waals surface area contributed by atoms with Crippen LogP contribution in [0.5, 0.6) is 0 Å². The van der Waals surface area contributed by atoms with Gasteiger partial charge in [0.1, 0.15) is 5.78 Å². The van der Waals surface area contributed by atoms with Crippen molar-refractivity contribution in [1.29, 1.82) is 0 Å². The molecular weight excluding hydrogens is 180 g/mol. The van der Waals surface area contributed by atoms with Crippen LogP contribution in [0.1, 0.15) is 45.4 Å². The standard InChI is InChI=1S/C11H20OS/c1-2-13-8-7-10-5-3-4-6-11(12)9-10/h10H,2-9H2,1H3. The largest absolute Gasteiger partial charge is 0.300 e. The predicted molar refractivity (Wildman–Crippen MR) is 59.2 cm³/mol. The Hall–Kier alpha value is 0.0200. The van der Waals surface area contributed by atoms with Crippen LogP contribution in [0.4, 0.5) is 0 Å². The molecule has 0 amide bonds. The average Bonchev–Trinajstić information content (AvgIpc) is 2.31. The van der Waals surface area contributed by atoms with E-state index in [1.54, 1.807) is 0 Å². The first-order chi connectivity index (χ1) is 6.33. The van der Waals surface area contributed by atoms with E-state index < -0.39 is 0 Å². The van der Waals surface area contributed by atoms with Gasteiger partial charge in [0, 0.05) is 12.8 Å². The van der Waals surface area contributed by atoms with E-state index in [-0.39, 0.29) is 0 Å². The van der Waals surface area contributed by atoms with Crippen molar-refractivity contribution < 1.29 is 4.79 Å². The molecule has 0 radical (unpaired) electrons. The summed E-state index contributed by atoms with van der Waals surface area (Å²) in [7, 11) is 0. The summed E-state index contributed by atoms with van der Waals surface area (Å²) in [6, 6.07) is 0. The van der Waals surface area contributed by atoms with Gasteiger partial charge in [-0.05, 0) is 36.7 Å². The number of hydrogen-bond acceptors (Lipinski definition) is 2. The van der Waals surface area contributed by atoms with E-state index >= 15 is 0 Å². The van der Waals surface area contributed by atoms with Crippen LogP contribution in [0.25, 0.3) is 0 Å². The second kappa shape index (κ2) is 6.47.